The maximum atomic E-state index is 13.7. The van der Waals surface area contributed by atoms with Crippen LogP contribution in [-0.4, -0.2) is 26.6 Å². The Labute approximate surface area is 158 Å². The predicted molar refractivity (Wildman–Crippen MR) is 103 cm³/mol. The minimum absolute atomic E-state index is 0.0275. The predicted octanol–water partition coefficient (Wildman–Crippen LogP) is 4.27. The first kappa shape index (κ1) is 17.2. The third-order valence-corrected chi connectivity index (χ3v) is 5.13. The van der Waals surface area contributed by atoms with Crippen LogP contribution in [0.15, 0.2) is 72.8 Å². The number of carbonyl (C=O) groups is 1. The molecule has 0 saturated carbocycles. The second-order valence-electron chi connectivity index (χ2n) is 6.48. The van der Waals surface area contributed by atoms with Gasteiger partial charge in [-0.3, -0.25) is 4.79 Å². The van der Waals surface area contributed by atoms with Crippen LogP contribution in [0.1, 0.15) is 21.5 Å². The molecule has 0 aromatic heterocycles. The molecule has 3 aromatic rings. The average molecular weight is 360 g/mol. The molecule has 0 fully saturated rings. The maximum Gasteiger partial charge on any atom is 0.184 e. The summed E-state index contributed by atoms with van der Waals surface area (Å²) in [7, 11) is 3.25. The molecule has 0 aliphatic carbocycles. The van der Waals surface area contributed by atoms with E-state index in [2.05, 4.69) is 0 Å². The lowest BCUT2D eigenvalue weighted by Gasteiger charge is -2.37. The van der Waals surface area contributed by atoms with E-state index < -0.39 is 5.41 Å². The number of hydrogen-bond acceptors (Lipinski definition) is 4. The van der Waals surface area contributed by atoms with Gasteiger partial charge in [-0.2, -0.15) is 0 Å². The molecule has 4 nitrogen and oxygen atoms in total. The van der Waals surface area contributed by atoms with Crippen molar-refractivity contribution in [3.8, 4) is 17.2 Å². The number of ether oxygens (including phenoxy) is 3. The summed E-state index contributed by atoms with van der Waals surface area (Å²) in [5.74, 6) is 2.14. The van der Waals surface area contributed by atoms with Gasteiger partial charge in [-0.1, -0.05) is 36.4 Å². The van der Waals surface area contributed by atoms with Gasteiger partial charge in [0, 0.05) is 0 Å². The zero-order valence-corrected chi connectivity index (χ0v) is 15.3. The minimum Gasteiger partial charge on any atom is -0.497 e. The van der Waals surface area contributed by atoms with Gasteiger partial charge in [0.05, 0.1) is 19.8 Å². The largest absolute Gasteiger partial charge is 0.497 e. The summed E-state index contributed by atoms with van der Waals surface area (Å²) in [4.78, 5) is 13.7. The van der Waals surface area contributed by atoms with Gasteiger partial charge in [-0.15, -0.1) is 0 Å². The Morgan fingerprint density at radius 3 is 1.81 bits per heavy atom. The molecule has 4 rings (SSSR count). The van der Waals surface area contributed by atoms with Crippen molar-refractivity contribution in [1.29, 1.82) is 0 Å². The first-order valence-corrected chi connectivity index (χ1v) is 8.75. The van der Waals surface area contributed by atoms with Crippen LogP contribution in [0.3, 0.4) is 0 Å². The molecule has 0 bridgehead atoms. The number of ketones is 1. The van der Waals surface area contributed by atoms with E-state index in [-0.39, 0.29) is 12.4 Å². The highest BCUT2D eigenvalue weighted by Gasteiger charge is 2.47. The number of carbonyl (C=O) groups excluding carboxylic acids is 1. The lowest BCUT2D eigenvalue weighted by atomic mass is 9.69. The molecule has 0 spiro atoms. The van der Waals surface area contributed by atoms with Crippen molar-refractivity contribution in [1.82, 2.24) is 0 Å². The lowest BCUT2D eigenvalue weighted by Crippen LogP contribution is -2.46. The van der Waals surface area contributed by atoms with Gasteiger partial charge in [0.25, 0.3) is 0 Å². The number of hydrogen-bond donors (Lipinski definition) is 0. The van der Waals surface area contributed by atoms with Crippen LogP contribution in [-0.2, 0) is 5.41 Å². The molecule has 0 saturated heterocycles. The van der Waals surface area contributed by atoms with Crippen molar-refractivity contribution in [3.63, 3.8) is 0 Å². The number of fused-ring (bicyclic) bond motifs is 1. The molecule has 0 atom stereocenters. The van der Waals surface area contributed by atoms with E-state index in [4.69, 9.17) is 14.2 Å². The van der Waals surface area contributed by atoms with Gasteiger partial charge < -0.3 is 14.2 Å². The van der Waals surface area contributed by atoms with Crippen LogP contribution in [0.2, 0.25) is 0 Å². The molecule has 27 heavy (non-hydrogen) atoms. The molecule has 0 N–H and O–H groups in total. The van der Waals surface area contributed by atoms with Crippen LogP contribution in [0, 0.1) is 0 Å². The van der Waals surface area contributed by atoms with Crippen molar-refractivity contribution in [3.05, 3.63) is 89.5 Å². The van der Waals surface area contributed by atoms with Gasteiger partial charge in [0.15, 0.2) is 5.78 Å². The summed E-state index contributed by atoms with van der Waals surface area (Å²) in [5, 5.41) is 0. The van der Waals surface area contributed by atoms with E-state index in [1.165, 1.54) is 0 Å². The molecule has 1 heterocycles. The number of rotatable bonds is 4. The van der Waals surface area contributed by atoms with E-state index in [1.807, 2.05) is 72.8 Å². The smallest absolute Gasteiger partial charge is 0.184 e. The highest BCUT2D eigenvalue weighted by molar-refractivity contribution is 6.09. The Morgan fingerprint density at radius 2 is 1.30 bits per heavy atom. The highest BCUT2D eigenvalue weighted by atomic mass is 16.5. The second kappa shape index (κ2) is 6.80. The average Bonchev–Trinajstić information content (AvgIpc) is 2.75. The summed E-state index contributed by atoms with van der Waals surface area (Å²) in [6, 6.07) is 22.6. The normalized spacial score (nSPS) is 14.8. The van der Waals surface area contributed by atoms with Crippen molar-refractivity contribution in [2.24, 2.45) is 0 Å². The van der Waals surface area contributed by atoms with Crippen molar-refractivity contribution in [2.45, 2.75) is 5.41 Å². The Balaban J connectivity index is 1.91. The van der Waals surface area contributed by atoms with Crippen LogP contribution in [0.4, 0.5) is 0 Å². The third-order valence-electron chi connectivity index (χ3n) is 5.13. The van der Waals surface area contributed by atoms with Gasteiger partial charge in [0.2, 0.25) is 0 Å². The van der Waals surface area contributed by atoms with Crippen LogP contribution < -0.4 is 14.2 Å². The number of Topliss-reactive ketones (excluding diaryl/α,β-unsaturated/α-hetero) is 1. The van der Waals surface area contributed by atoms with Crippen LogP contribution in [0.25, 0.3) is 0 Å². The van der Waals surface area contributed by atoms with Crippen molar-refractivity contribution >= 4 is 5.78 Å². The maximum absolute atomic E-state index is 13.7. The number of methoxy groups -OCH3 is 2. The summed E-state index contributed by atoms with van der Waals surface area (Å²) in [6.07, 6.45) is 0. The quantitative estimate of drug-likeness (QED) is 0.697. The number of benzene rings is 3. The second-order valence-corrected chi connectivity index (χ2v) is 6.48. The summed E-state index contributed by atoms with van der Waals surface area (Å²) < 4.78 is 16.6. The van der Waals surface area contributed by atoms with E-state index in [1.54, 1.807) is 14.2 Å². The van der Waals surface area contributed by atoms with Crippen molar-refractivity contribution < 1.29 is 19.0 Å². The topological polar surface area (TPSA) is 44.8 Å². The Hall–Kier alpha value is -3.27. The summed E-state index contributed by atoms with van der Waals surface area (Å²) in [5.41, 5.74) is 1.41. The number of para-hydroxylation sites is 1. The van der Waals surface area contributed by atoms with E-state index in [0.717, 1.165) is 22.6 Å². The molecule has 0 radical (unpaired) electrons. The Morgan fingerprint density at radius 1 is 0.778 bits per heavy atom. The fourth-order valence-corrected chi connectivity index (χ4v) is 3.61. The monoisotopic (exact) mass is 360 g/mol. The molecule has 0 amide bonds. The first-order valence-electron chi connectivity index (χ1n) is 8.75. The van der Waals surface area contributed by atoms with Gasteiger partial charge in [-0.25, -0.2) is 0 Å². The summed E-state index contributed by atoms with van der Waals surface area (Å²) in [6.45, 7) is 0.238. The lowest BCUT2D eigenvalue weighted by molar-refractivity contribution is 0.0818. The van der Waals surface area contributed by atoms with Crippen LogP contribution in [0.5, 0.6) is 17.2 Å². The molecule has 0 unspecified atom stereocenters. The minimum atomic E-state index is -0.924. The zero-order chi connectivity index (χ0) is 18.9. The Bertz CT molecular complexity index is 911. The van der Waals surface area contributed by atoms with E-state index in [9.17, 15) is 4.79 Å². The molecule has 4 heteroatoms. The third kappa shape index (κ3) is 2.74. The van der Waals surface area contributed by atoms with Gasteiger partial charge >= 0.3 is 0 Å². The summed E-state index contributed by atoms with van der Waals surface area (Å²) >= 11 is 0. The molecule has 136 valence electrons. The fraction of sp³-hybridized carbons (Fsp3) is 0.174. The Kier molecular flexibility index (Phi) is 4.32. The van der Waals surface area contributed by atoms with E-state index >= 15 is 0 Å². The fourth-order valence-electron chi connectivity index (χ4n) is 3.61. The van der Waals surface area contributed by atoms with Crippen LogP contribution >= 0.6 is 0 Å². The van der Waals surface area contributed by atoms with Crippen molar-refractivity contribution in [2.75, 3.05) is 20.8 Å². The molecular formula is C23H20O4. The van der Waals surface area contributed by atoms with Gasteiger partial charge in [0.1, 0.15) is 29.3 Å². The van der Waals surface area contributed by atoms with E-state index in [0.29, 0.717) is 11.3 Å². The molecule has 1 aliphatic rings. The van der Waals surface area contributed by atoms with Gasteiger partial charge in [-0.05, 0) is 47.5 Å². The molecule has 1 aliphatic heterocycles. The standard InChI is InChI=1S/C23H20O4/c1-25-18-11-7-16(8-12-18)23(17-9-13-19(26-2)14-10-17)15-27-21-6-4-3-5-20(21)22(23)24/h3-14H,15H2,1-2H3. The zero-order valence-electron chi connectivity index (χ0n) is 15.3. The molecule has 3 aromatic carbocycles. The molecular weight excluding hydrogens is 340 g/mol. The highest BCUT2D eigenvalue weighted by Crippen LogP contribution is 2.42. The SMILES string of the molecule is COc1ccc(C2(c3ccc(OC)cc3)COc3ccccc3C2=O)cc1. The first-order chi connectivity index (χ1) is 13.2.